The van der Waals surface area contributed by atoms with E-state index in [1.807, 2.05) is 39.0 Å². The molecule has 1 aliphatic carbocycles. The third kappa shape index (κ3) is 6.78. The Morgan fingerprint density at radius 1 is 1.00 bits per heavy atom. The second-order valence-corrected chi connectivity index (χ2v) is 11.6. The summed E-state index contributed by atoms with van der Waals surface area (Å²) in [6.45, 7) is 9.34. The Labute approximate surface area is 215 Å². The monoisotopic (exact) mass is 498 g/mol. The lowest BCUT2D eigenvalue weighted by Gasteiger charge is -2.43. The molecule has 0 spiro atoms. The van der Waals surface area contributed by atoms with Crippen molar-refractivity contribution in [2.75, 3.05) is 32.7 Å². The fraction of sp³-hybridized carbons (Fsp3) is 0.552. The summed E-state index contributed by atoms with van der Waals surface area (Å²) in [6.07, 6.45) is 4.77. The maximum atomic E-state index is 12.5. The Bertz CT molecular complexity index is 988. The average Bonchev–Trinajstić information content (AvgIpc) is 2.82. The van der Waals surface area contributed by atoms with Gasteiger partial charge in [-0.2, -0.15) is 0 Å². The van der Waals surface area contributed by atoms with E-state index in [9.17, 15) is 9.90 Å². The molecule has 0 radical (unpaired) electrons. The van der Waals surface area contributed by atoms with Gasteiger partial charge in [-0.1, -0.05) is 67.3 Å². The molecule has 2 fully saturated rings. The number of ether oxygens (including phenoxy) is 1. The first kappa shape index (κ1) is 26.0. The molecule has 2 aliphatic rings. The van der Waals surface area contributed by atoms with Crippen LogP contribution in [0.25, 0.3) is 11.1 Å². The lowest BCUT2D eigenvalue weighted by Crippen LogP contribution is -2.52. The van der Waals surface area contributed by atoms with Gasteiger partial charge in [-0.3, -0.25) is 4.90 Å². The predicted octanol–water partition coefficient (Wildman–Crippen LogP) is 6.34. The standard InChI is InChI=1S/C29H39ClN2O3/c1-28(2,3)35-27(33)32-18-16-31(17-19-32)21-26(29(34)14-5-4-6-15-29)23-12-10-22(11-13-23)24-8-7-9-25(30)20-24/h7-13,20,26,34H,4-6,14-19,21H2,1-3H3. The van der Waals surface area contributed by atoms with Crippen molar-refractivity contribution >= 4 is 17.7 Å². The van der Waals surface area contributed by atoms with Gasteiger partial charge in [0.25, 0.3) is 0 Å². The van der Waals surface area contributed by atoms with E-state index < -0.39 is 11.2 Å². The van der Waals surface area contributed by atoms with Crippen LogP contribution in [0.2, 0.25) is 5.02 Å². The quantitative estimate of drug-likeness (QED) is 0.522. The molecule has 4 rings (SSSR count). The summed E-state index contributed by atoms with van der Waals surface area (Å²) in [4.78, 5) is 16.7. The third-order valence-electron chi connectivity index (χ3n) is 7.30. The molecule has 190 valence electrons. The van der Waals surface area contributed by atoms with Crippen molar-refractivity contribution in [2.45, 2.75) is 70.0 Å². The normalized spacial score (nSPS) is 19.9. The predicted molar refractivity (Wildman–Crippen MR) is 142 cm³/mol. The van der Waals surface area contributed by atoms with Crippen LogP contribution in [0, 0.1) is 0 Å². The van der Waals surface area contributed by atoms with Crippen LogP contribution in [0.15, 0.2) is 48.5 Å². The second kappa shape index (κ2) is 10.9. The van der Waals surface area contributed by atoms with Crippen LogP contribution in [-0.2, 0) is 4.74 Å². The number of carbonyl (C=O) groups excluding carboxylic acids is 1. The molecule has 1 unspecified atom stereocenters. The Balaban J connectivity index is 1.48. The zero-order valence-corrected chi connectivity index (χ0v) is 22.1. The van der Waals surface area contributed by atoms with Gasteiger partial charge in [-0.25, -0.2) is 4.79 Å². The van der Waals surface area contributed by atoms with E-state index in [1.165, 1.54) is 12.0 Å². The van der Waals surface area contributed by atoms with Crippen molar-refractivity contribution in [1.29, 1.82) is 0 Å². The SMILES string of the molecule is CC(C)(C)OC(=O)N1CCN(CC(c2ccc(-c3cccc(Cl)c3)cc2)C2(O)CCCCC2)CC1. The van der Waals surface area contributed by atoms with E-state index in [-0.39, 0.29) is 12.0 Å². The lowest BCUT2D eigenvalue weighted by atomic mass is 9.72. The first-order chi connectivity index (χ1) is 16.6. The van der Waals surface area contributed by atoms with Gasteiger partial charge < -0.3 is 14.7 Å². The van der Waals surface area contributed by atoms with Crippen molar-refractivity contribution < 1.29 is 14.6 Å². The minimum absolute atomic E-state index is 0.0317. The summed E-state index contributed by atoms with van der Waals surface area (Å²) in [5.74, 6) is 0.0317. The zero-order chi connectivity index (χ0) is 25.1. The van der Waals surface area contributed by atoms with E-state index in [2.05, 4.69) is 35.2 Å². The molecule has 1 N–H and O–H groups in total. The fourth-order valence-electron chi connectivity index (χ4n) is 5.37. The summed E-state index contributed by atoms with van der Waals surface area (Å²) in [6, 6.07) is 16.5. The van der Waals surface area contributed by atoms with Crippen molar-refractivity contribution in [3.8, 4) is 11.1 Å². The molecule has 5 nitrogen and oxygen atoms in total. The Morgan fingerprint density at radius 2 is 1.66 bits per heavy atom. The number of aliphatic hydroxyl groups is 1. The molecule has 0 bridgehead atoms. The number of amides is 1. The second-order valence-electron chi connectivity index (χ2n) is 11.1. The van der Waals surface area contributed by atoms with E-state index in [4.69, 9.17) is 16.3 Å². The first-order valence-electron chi connectivity index (χ1n) is 12.9. The van der Waals surface area contributed by atoms with Crippen LogP contribution < -0.4 is 0 Å². The van der Waals surface area contributed by atoms with Gasteiger partial charge in [-0.15, -0.1) is 0 Å². The van der Waals surface area contributed by atoms with Gasteiger partial charge in [0.05, 0.1) is 5.60 Å². The van der Waals surface area contributed by atoms with Gasteiger partial charge in [0, 0.05) is 43.7 Å². The third-order valence-corrected chi connectivity index (χ3v) is 7.54. The largest absolute Gasteiger partial charge is 0.444 e. The highest BCUT2D eigenvalue weighted by molar-refractivity contribution is 6.30. The fourth-order valence-corrected chi connectivity index (χ4v) is 5.56. The Hall–Kier alpha value is -2.08. The molecule has 1 atom stereocenters. The van der Waals surface area contributed by atoms with Gasteiger partial charge >= 0.3 is 6.09 Å². The maximum absolute atomic E-state index is 12.5. The summed E-state index contributed by atoms with van der Waals surface area (Å²) in [7, 11) is 0. The Kier molecular flexibility index (Phi) is 8.09. The number of piperazine rings is 1. The number of benzene rings is 2. The number of hydrogen-bond acceptors (Lipinski definition) is 4. The number of halogens is 1. The molecule has 1 aliphatic heterocycles. The van der Waals surface area contributed by atoms with Crippen LogP contribution in [-0.4, -0.2) is 64.9 Å². The van der Waals surface area contributed by atoms with Crippen LogP contribution in [0.1, 0.15) is 64.4 Å². The van der Waals surface area contributed by atoms with Crippen LogP contribution in [0.5, 0.6) is 0 Å². The molecule has 1 amide bonds. The molecule has 2 aromatic rings. The summed E-state index contributed by atoms with van der Waals surface area (Å²) in [5, 5.41) is 12.5. The minimum Gasteiger partial charge on any atom is -0.444 e. The highest BCUT2D eigenvalue weighted by atomic mass is 35.5. The molecule has 1 saturated carbocycles. The molecular weight excluding hydrogens is 460 g/mol. The Morgan fingerprint density at radius 3 is 2.26 bits per heavy atom. The smallest absolute Gasteiger partial charge is 0.410 e. The number of rotatable bonds is 5. The van der Waals surface area contributed by atoms with E-state index in [0.717, 1.165) is 61.5 Å². The van der Waals surface area contributed by atoms with Gasteiger partial charge in [-0.05, 0) is 62.4 Å². The number of carbonyl (C=O) groups is 1. The highest BCUT2D eigenvalue weighted by Gasteiger charge is 2.40. The molecule has 6 heteroatoms. The van der Waals surface area contributed by atoms with Gasteiger partial charge in [0.1, 0.15) is 5.60 Å². The molecule has 1 heterocycles. The molecule has 2 aromatic carbocycles. The summed E-state index contributed by atoms with van der Waals surface area (Å²) >= 11 is 6.20. The highest BCUT2D eigenvalue weighted by Crippen LogP contribution is 2.41. The average molecular weight is 499 g/mol. The van der Waals surface area contributed by atoms with Crippen molar-refractivity contribution in [1.82, 2.24) is 9.80 Å². The zero-order valence-electron chi connectivity index (χ0n) is 21.3. The maximum Gasteiger partial charge on any atom is 0.410 e. The lowest BCUT2D eigenvalue weighted by molar-refractivity contribution is -0.0356. The molecule has 1 saturated heterocycles. The van der Waals surface area contributed by atoms with E-state index in [1.54, 1.807) is 4.90 Å². The molecule has 0 aromatic heterocycles. The summed E-state index contributed by atoms with van der Waals surface area (Å²) < 4.78 is 5.55. The van der Waals surface area contributed by atoms with Gasteiger partial charge in [0.2, 0.25) is 0 Å². The number of nitrogens with zero attached hydrogens (tertiary/aromatic N) is 2. The van der Waals surface area contributed by atoms with Crippen LogP contribution in [0.4, 0.5) is 4.79 Å². The van der Waals surface area contributed by atoms with Crippen molar-refractivity contribution in [2.24, 2.45) is 0 Å². The number of hydrogen-bond donors (Lipinski definition) is 1. The first-order valence-corrected chi connectivity index (χ1v) is 13.3. The van der Waals surface area contributed by atoms with Crippen molar-refractivity contribution in [3.05, 3.63) is 59.1 Å². The van der Waals surface area contributed by atoms with E-state index >= 15 is 0 Å². The molecular formula is C29H39ClN2O3. The van der Waals surface area contributed by atoms with Crippen molar-refractivity contribution in [3.63, 3.8) is 0 Å². The minimum atomic E-state index is -0.696. The summed E-state index contributed by atoms with van der Waals surface area (Å²) in [5.41, 5.74) is 2.21. The topological polar surface area (TPSA) is 53.0 Å². The van der Waals surface area contributed by atoms with Crippen LogP contribution >= 0.6 is 11.6 Å². The van der Waals surface area contributed by atoms with Crippen LogP contribution in [0.3, 0.4) is 0 Å². The van der Waals surface area contributed by atoms with Gasteiger partial charge in [0.15, 0.2) is 0 Å². The van der Waals surface area contributed by atoms with E-state index in [0.29, 0.717) is 13.1 Å². The molecule has 35 heavy (non-hydrogen) atoms.